The molecule has 0 fully saturated rings. The summed E-state index contributed by atoms with van der Waals surface area (Å²) in [4.78, 5) is 10.4. The predicted molar refractivity (Wildman–Crippen MR) is 58.4 cm³/mol. The van der Waals surface area contributed by atoms with Crippen molar-refractivity contribution < 1.29 is 9.53 Å². The minimum Gasteiger partial charge on any atom is -0.449 e. The van der Waals surface area contributed by atoms with E-state index >= 15 is 0 Å². The van der Waals surface area contributed by atoms with Crippen LogP contribution in [0.15, 0.2) is 30.3 Å². The van der Waals surface area contributed by atoms with Crippen LogP contribution in [0.1, 0.15) is 5.56 Å². The van der Waals surface area contributed by atoms with Crippen LogP contribution in [0.4, 0.5) is 4.79 Å². The van der Waals surface area contributed by atoms with Crippen LogP contribution in [0.5, 0.6) is 0 Å². The monoisotopic (exact) mass is 257 g/mol. The first-order valence-corrected chi connectivity index (χ1v) is 5.20. The van der Waals surface area contributed by atoms with Crippen molar-refractivity contribution in [3.63, 3.8) is 0 Å². The second kappa shape index (κ2) is 5.65. The van der Waals surface area contributed by atoms with Gasteiger partial charge in [0.05, 0.1) is 4.83 Å². The predicted octanol–water partition coefficient (Wildman–Crippen LogP) is 2.09. The summed E-state index contributed by atoms with van der Waals surface area (Å²) in [6.45, 7) is 0.296. The number of primary amides is 1. The molecule has 0 spiro atoms. The quantitative estimate of drug-likeness (QED) is 0.840. The topological polar surface area (TPSA) is 52.3 Å². The number of benzene rings is 1. The highest BCUT2D eigenvalue weighted by Crippen LogP contribution is 2.09. The maximum absolute atomic E-state index is 10.3. The zero-order valence-electron chi connectivity index (χ0n) is 7.65. The number of nitrogens with two attached hydrogens (primary N) is 1. The molecule has 76 valence electrons. The fraction of sp³-hybridized carbons (Fsp3) is 0.300. The molecule has 1 aromatic carbocycles. The minimum absolute atomic E-state index is 0.109. The Labute approximate surface area is 91.4 Å². The first kappa shape index (κ1) is 11.0. The average molecular weight is 258 g/mol. The molecule has 0 radical (unpaired) electrons. The number of amides is 1. The van der Waals surface area contributed by atoms with E-state index in [1.54, 1.807) is 0 Å². The van der Waals surface area contributed by atoms with Crippen molar-refractivity contribution in [2.45, 2.75) is 11.2 Å². The molecule has 1 aromatic rings. The molecular formula is C10H12BrNO2. The normalized spacial score (nSPS) is 12.1. The fourth-order valence-corrected chi connectivity index (χ4v) is 1.61. The van der Waals surface area contributed by atoms with Crippen LogP contribution in [0.3, 0.4) is 0 Å². The van der Waals surface area contributed by atoms with Gasteiger partial charge in [0.1, 0.15) is 6.61 Å². The average Bonchev–Trinajstić information content (AvgIpc) is 2.16. The Morgan fingerprint density at radius 2 is 2.07 bits per heavy atom. The molecule has 4 heteroatoms. The third kappa shape index (κ3) is 4.28. The van der Waals surface area contributed by atoms with Crippen LogP contribution >= 0.6 is 15.9 Å². The molecule has 0 saturated carbocycles. The van der Waals surface area contributed by atoms with Gasteiger partial charge in [-0.3, -0.25) is 0 Å². The smallest absolute Gasteiger partial charge is 0.404 e. The van der Waals surface area contributed by atoms with Crippen LogP contribution in [-0.2, 0) is 11.2 Å². The highest BCUT2D eigenvalue weighted by atomic mass is 79.9. The standard InChI is InChI=1S/C10H12BrNO2/c11-9(7-14-10(12)13)6-8-4-2-1-3-5-8/h1-5,9H,6-7H2,(H2,12,13). The van der Waals surface area contributed by atoms with Crippen LogP contribution < -0.4 is 5.73 Å². The second-order valence-electron chi connectivity index (χ2n) is 2.92. The molecular weight excluding hydrogens is 246 g/mol. The molecule has 14 heavy (non-hydrogen) atoms. The Morgan fingerprint density at radius 3 is 2.64 bits per heavy atom. The van der Waals surface area contributed by atoms with Gasteiger partial charge in [0.15, 0.2) is 0 Å². The molecule has 1 atom stereocenters. The van der Waals surface area contributed by atoms with Gasteiger partial charge in [-0.25, -0.2) is 4.79 Å². The van der Waals surface area contributed by atoms with Crippen LogP contribution in [0.2, 0.25) is 0 Å². The van der Waals surface area contributed by atoms with E-state index in [2.05, 4.69) is 20.7 Å². The molecule has 1 amide bonds. The lowest BCUT2D eigenvalue weighted by atomic mass is 10.1. The Kier molecular flexibility index (Phi) is 4.46. The van der Waals surface area contributed by atoms with Crippen molar-refractivity contribution in [1.29, 1.82) is 0 Å². The molecule has 0 bridgehead atoms. The van der Waals surface area contributed by atoms with Gasteiger partial charge >= 0.3 is 6.09 Å². The largest absolute Gasteiger partial charge is 0.449 e. The van der Waals surface area contributed by atoms with Crippen LogP contribution in [0, 0.1) is 0 Å². The molecule has 0 heterocycles. The molecule has 0 saturated heterocycles. The van der Waals surface area contributed by atoms with E-state index in [1.807, 2.05) is 30.3 Å². The van der Waals surface area contributed by atoms with Gasteiger partial charge in [0.2, 0.25) is 0 Å². The molecule has 0 aliphatic carbocycles. The van der Waals surface area contributed by atoms with Gasteiger partial charge in [0, 0.05) is 0 Å². The van der Waals surface area contributed by atoms with Gasteiger partial charge in [-0.05, 0) is 12.0 Å². The summed E-state index contributed by atoms with van der Waals surface area (Å²) in [5, 5.41) is 0. The number of rotatable bonds is 4. The highest BCUT2D eigenvalue weighted by molar-refractivity contribution is 9.09. The van der Waals surface area contributed by atoms with Crippen molar-refractivity contribution in [2.75, 3.05) is 6.61 Å². The maximum Gasteiger partial charge on any atom is 0.404 e. The lowest BCUT2D eigenvalue weighted by molar-refractivity contribution is 0.157. The molecule has 3 nitrogen and oxygen atoms in total. The molecule has 2 N–H and O–H groups in total. The Balaban J connectivity index is 2.34. The van der Waals surface area contributed by atoms with Crippen molar-refractivity contribution >= 4 is 22.0 Å². The summed E-state index contributed by atoms with van der Waals surface area (Å²) < 4.78 is 4.67. The van der Waals surface area contributed by atoms with Crippen molar-refractivity contribution in [1.82, 2.24) is 0 Å². The summed E-state index contributed by atoms with van der Waals surface area (Å²) in [6.07, 6.45) is 0.0798. The van der Waals surface area contributed by atoms with E-state index in [9.17, 15) is 4.79 Å². The summed E-state index contributed by atoms with van der Waals surface area (Å²) in [5.41, 5.74) is 6.05. The minimum atomic E-state index is -0.734. The van der Waals surface area contributed by atoms with Gasteiger partial charge in [-0.2, -0.15) is 0 Å². The molecule has 1 unspecified atom stereocenters. The highest BCUT2D eigenvalue weighted by Gasteiger charge is 2.06. The van der Waals surface area contributed by atoms with Gasteiger partial charge in [-0.1, -0.05) is 46.3 Å². The lowest BCUT2D eigenvalue weighted by Gasteiger charge is -2.08. The number of hydrogen-bond acceptors (Lipinski definition) is 2. The van der Waals surface area contributed by atoms with Crippen LogP contribution in [-0.4, -0.2) is 17.5 Å². The number of alkyl halides is 1. The third-order valence-electron chi connectivity index (χ3n) is 1.71. The van der Waals surface area contributed by atoms with Gasteiger partial charge in [-0.15, -0.1) is 0 Å². The van der Waals surface area contributed by atoms with E-state index < -0.39 is 6.09 Å². The van der Waals surface area contributed by atoms with E-state index in [0.717, 1.165) is 6.42 Å². The number of carbonyl (C=O) groups is 1. The first-order valence-electron chi connectivity index (χ1n) is 4.28. The summed E-state index contributed by atoms with van der Waals surface area (Å²) in [5.74, 6) is 0. The number of ether oxygens (including phenoxy) is 1. The summed E-state index contributed by atoms with van der Waals surface area (Å²) >= 11 is 3.41. The van der Waals surface area contributed by atoms with Crippen molar-refractivity contribution in [3.05, 3.63) is 35.9 Å². The Morgan fingerprint density at radius 1 is 1.43 bits per heavy atom. The molecule has 0 aliphatic heterocycles. The number of hydrogen-bond donors (Lipinski definition) is 1. The molecule has 0 aliphatic rings. The zero-order chi connectivity index (χ0) is 10.4. The van der Waals surface area contributed by atoms with Crippen molar-refractivity contribution in [2.24, 2.45) is 5.73 Å². The van der Waals surface area contributed by atoms with Crippen molar-refractivity contribution in [3.8, 4) is 0 Å². The molecule has 1 rings (SSSR count). The second-order valence-corrected chi connectivity index (χ2v) is 4.21. The van der Waals surface area contributed by atoms with E-state index in [1.165, 1.54) is 5.56 Å². The van der Waals surface area contributed by atoms with Gasteiger partial charge in [0.25, 0.3) is 0 Å². The van der Waals surface area contributed by atoms with E-state index in [-0.39, 0.29) is 4.83 Å². The van der Waals surface area contributed by atoms with Gasteiger partial charge < -0.3 is 10.5 Å². The van der Waals surface area contributed by atoms with E-state index in [0.29, 0.717) is 6.61 Å². The Bertz CT molecular complexity index is 289. The third-order valence-corrected chi connectivity index (χ3v) is 2.29. The Hall–Kier alpha value is -1.03. The summed E-state index contributed by atoms with van der Waals surface area (Å²) in [6, 6.07) is 9.97. The SMILES string of the molecule is NC(=O)OCC(Br)Cc1ccccc1. The van der Waals surface area contributed by atoms with Crippen LogP contribution in [0.25, 0.3) is 0 Å². The number of halogens is 1. The number of carbonyl (C=O) groups excluding carboxylic acids is 1. The molecule has 0 aromatic heterocycles. The van der Waals surface area contributed by atoms with E-state index in [4.69, 9.17) is 5.73 Å². The zero-order valence-corrected chi connectivity index (χ0v) is 9.24. The lowest BCUT2D eigenvalue weighted by Crippen LogP contribution is -2.20. The summed E-state index contributed by atoms with van der Waals surface area (Å²) in [7, 11) is 0. The fourth-order valence-electron chi connectivity index (χ4n) is 1.10. The maximum atomic E-state index is 10.3. The first-order chi connectivity index (χ1) is 6.68.